The molecule has 0 amide bonds. The molecule has 2 N–H and O–H groups in total. The van der Waals surface area contributed by atoms with Crippen molar-refractivity contribution in [3.63, 3.8) is 0 Å². The second-order valence-corrected chi connectivity index (χ2v) is 10.6. The van der Waals surface area contributed by atoms with Crippen LogP contribution >= 0.6 is 23.2 Å². The van der Waals surface area contributed by atoms with E-state index in [1.165, 1.54) is 36.5 Å². The first kappa shape index (κ1) is 22.7. The predicted molar refractivity (Wildman–Crippen MR) is 123 cm³/mol. The third-order valence-electron chi connectivity index (χ3n) is 5.93. The summed E-state index contributed by atoms with van der Waals surface area (Å²) >= 11 is 12.3. The van der Waals surface area contributed by atoms with Crippen molar-refractivity contribution in [2.24, 2.45) is 0 Å². The fraction of sp³-hybridized carbons (Fsp3) is 0.364. The molecule has 1 aliphatic heterocycles. The number of aromatic amines is 1. The first-order valence-corrected chi connectivity index (χ1v) is 12.7. The predicted octanol–water partition coefficient (Wildman–Crippen LogP) is 5.48. The number of halogens is 3. The summed E-state index contributed by atoms with van der Waals surface area (Å²) in [5.41, 5.74) is 0.588. The average Bonchev–Trinajstić information content (AvgIpc) is 3.39. The Morgan fingerprint density at radius 1 is 1.15 bits per heavy atom. The van der Waals surface area contributed by atoms with Crippen LogP contribution in [0, 0.1) is 5.82 Å². The molecule has 1 saturated heterocycles. The average molecular weight is 515 g/mol. The maximum atomic E-state index is 15.3. The minimum atomic E-state index is -4.29. The number of benzene rings is 2. The lowest BCUT2D eigenvalue weighted by Crippen LogP contribution is -2.40. The maximum Gasteiger partial charge on any atom is 0.265 e. The normalized spacial score (nSPS) is 20.4. The smallest absolute Gasteiger partial charge is 0.265 e. The Morgan fingerprint density at radius 3 is 2.73 bits per heavy atom. The molecule has 1 aliphatic carbocycles. The lowest BCUT2D eigenvalue weighted by atomic mass is 9.91. The summed E-state index contributed by atoms with van der Waals surface area (Å²) in [6.45, 7) is 1.04. The van der Waals surface area contributed by atoms with Crippen LogP contribution in [-0.4, -0.2) is 38.5 Å². The van der Waals surface area contributed by atoms with E-state index in [1.54, 1.807) is 0 Å². The van der Waals surface area contributed by atoms with Crippen LogP contribution in [0.4, 0.5) is 10.1 Å². The van der Waals surface area contributed by atoms with Gasteiger partial charge >= 0.3 is 0 Å². The van der Waals surface area contributed by atoms with Crippen molar-refractivity contribution in [3.8, 4) is 5.75 Å². The van der Waals surface area contributed by atoms with Gasteiger partial charge in [0.2, 0.25) is 0 Å². The van der Waals surface area contributed by atoms with Crippen LogP contribution in [0.2, 0.25) is 10.0 Å². The Hall–Kier alpha value is -2.04. The quantitative estimate of drug-likeness (QED) is 0.470. The van der Waals surface area contributed by atoms with Gasteiger partial charge < -0.3 is 19.2 Å². The molecule has 5 rings (SSSR count). The third kappa shape index (κ3) is 4.28. The van der Waals surface area contributed by atoms with Gasteiger partial charge in [0, 0.05) is 24.4 Å². The van der Waals surface area contributed by atoms with Gasteiger partial charge in [0.05, 0.1) is 34.5 Å². The molecule has 1 saturated carbocycles. The van der Waals surface area contributed by atoms with E-state index in [2.05, 4.69) is 9.71 Å². The maximum absolute atomic E-state index is 15.3. The minimum absolute atomic E-state index is 0.137. The molecular formula is C22H21Cl2FN2O5S. The highest BCUT2D eigenvalue weighted by Gasteiger charge is 2.42. The van der Waals surface area contributed by atoms with Crippen molar-refractivity contribution in [2.45, 2.75) is 42.5 Å². The Morgan fingerprint density at radius 2 is 1.94 bits per heavy atom. The molecule has 0 radical (unpaired) electrons. The molecule has 2 aromatic carbocycles. The molecule has 176 valence electrons. The molecule has 33 heavy (non-hydrogen) atoms. The minimum Gasteiger partial charge on any atom is -0.487 e. The number of hydrogen-bond donors (Lipinski definition) is 2. The van der Waals surface area contributed by atoms with Crippen LogP contribution in [0.15, 0.2) is 41.4 Å². The highest BCUT2D eigenvalue weighted by Crippen LogP contribution is 2.39. The van der Waals surface area contributed by atoms with E-state index in [0.717, 1.165) is 12.8 Å². The van der Waals surface area contributed by atoms with Crippen molar-refractivity contribution >= 4 is 49.8 Å². The summed E-state index contributed by atoms with van der Waals surface area (Å²) in [5, 5.41) is 1.18. The molecule has 1 spiro atoms. The van der Waals surface area contributed by atoms with E-state index in [4.69, 9.17) is 37.4 Å². The van der Waals surface area contributed by atoms with Gasteiger partial charge in [-0.25, -0.2) is 12.8 Å². The Balaban J connectivity index is 1.41. The Labute approximate surface area is 200 Å². The molecule has 2 aliphatic rings. The van der Waals surface area contributed by atoms with Crippen LogP contribution in [-0.2, 0) is 19.5 Å². The van der Waals surface area contributed by atoms with Gasteiger partial charge in [0.25, 0.3) is 10.0 Å². The molecular weight excluding hydrogens is 494 g/mol. The molecule has 3 aromatic rings. The molecule has 0 bridgehead atoms. The molecule has 1 aromatic heterocycles. The zero-order valence-corrected chi connectivity index (χ0v) is 19.7. The van der Waals surface area contributed by atoms with Gasteiger partial charge in [-0.05, 0) is 37.1 Å². The monoisotopic (exact) mass is 514 g/mol. The lowest BCUT2D eigenvalue weighted by Gasteiger charge is -2.36. The number of H-pyrrole nitrogens is 1. The molecule has 2 fully saturated rings. The van der Waals surface area contributed by atoms with E-state index in [9.17, 15) is 8.42 Å². The number of sulfonamides is 1. The molecule has 11 heteroatoms. The van der Waals surface area contributed by atoms with Gasteiger partial charge in [-0.3, -0.25) is 4.72 Å². The van der Waals surface area contributed by atoms with Crippen molar-refractivity contribution in [2.75, 3.05) is 17.9 Å². The Kier molecular flexibility index (Phi) is 5.95. The van der Waals surface area contributed by atoms with Crippen molar-refractivity contribution in [1.82, 2.24) is 4.98 Å². The SMILES string of the molecule is O=S(=O)(Nc1ccc(Cl)c2c(Cl)c[nH]c12)c1cccc(O[C@H]2CCCC3(C2)OCCO3)c1F. The summed E-state index contributed by atoms with van der Waals surface area (Å²) in [5.74, 6) is -1.79. The highest BCUT2D eigenvalue weighted by molar-refractivity contribution is 7.92. The van der Waals surface area contributed by atoms with Crippen molar-refractivity contribution < 1.29 is 27.0 Å². The van der Waals surface area contributed by atoms with E-state index < -0.39 is 26.5 Å². The fourth-order valence-corrected chi connectivity index (χ4v) is 6.15. The number of rotatable bonds is 5. The summed E-state index contributed by atoms with van der Waals surface area (Å²) in [4.78, 5) is 2.36. The number of aromatic nitrogens is 1. The number of fused-ring (bicyclic) bond motifs is 1. The van der Waals surface area contributed by atoms with Gasteiger partial charge in [-0.15, -0.1) is 0 Å². The molecule has 1 atom stereocenters. The van der Waals surface area contributed by atoms with E-state index in [-0.39, 0.29) is 17.5 Å². The van der Waals surface area contributed by atoms with Gasteiger partial charge in [0.15, 0.2) is 17.4 Å². The van der Waals surface area contributed by atoms with Crippen LogP contribution in [0.5, 0.6) is 5.75 Å². The van der Waals surface area contributed by atoms with E-state index >= 15 is 4.39 Å². The zero-order chi connectivity index (χ0) is 23.2. The molecule has 0 unspecified atom stereocenters. The van der Waals surface area contributed by atoms with Gasteiger partial charge in [-0.2, -0.15) is 0 Å². The summed E-state index contributed by atoms with van der Waals surface area (Å²) in [7, 11) is -4.29. The van der Waals surface area contributed by atoms with Crippen molar-refractivity contribution in [3.05, 3.63) is 52.4 Å². The standard InChI is InChI=1S/C22H21Cl2FN2O5S/c23-14-6-7-16(21-19(14)15(24)12-26-21)27-33(28,29)18-5-1-4-17(20(18)25)32-13-3-2-8-22(11-13)30-9-10-31-22/h1,4-7,12-13,26-27H,2-3,8-11H2/t13-/m0/s1. The van der Waals surface area contributed by atoms with Crippen LogP contribution < -0.4 is 9.46 Å². The largest absolute Gasteiger partial charge is 0.487 e. The fourth-order valence-electron chi connectivity index (χ4n) is 4.43. The number of ether oxygens (including phenoxy) is 3. The summed E-state index contributed by atoms with van der Waals surface area (Å²) in [6, 6.07) is 7.04. The molecule has 7 nitrogen and oxygen atoms in total. The zero-order valence-electron chi connectivity index (χ0n) is 17.4. The highest BCUT2D eigenvalue weighted by atomic mass is 35.5. The Bertz CT molecular complexity index is 1310. The second-order valence-electron chi connectivity index (χ2n) is 8.10. The first-order chi connectivity index (χ1) is 15.8. The number of anilines is 1. The number of nitrogens with one attached hydrogen (secondary N) is 2. The first-order valence-electron chi connectivity index (χ1n) is 10.5. The number of hydrogen-bond acceptors (Lipinski definition) is 5. The van der Waals surface area contributed by atoms with Crippen molar-refractivity contribution in [1.29, 1.82) is 0 Å². The second kappa shape index (κ2) is 8.63. The van der Waals surface area contributed by atoms with Crippen LogP contribution in [0.25, 0.3) is 10.9 Å². The lowest BCUT2D eigenvalue weighted by molar-refractivity contribution is -0.192. The van der Waals surface area contributed by atoms with Gasteiger partial charge in [-0.1, -0.05) is 29.3 Å². The molecule has 2 heterocycles. The summed E-state index contributed by atoms with van der Waals surface area (Å²) < 4.78 is 61.3. The third-order valence-corrected chi connectivity index (χ3v) is 7.92. The van der Waals surface area contributed by atoms with Crippen LogP contribution in [0.1, 0.15) is 25.7 Å². The van der Waals surface area contributed by atoms with E-state index in [0.29, 0.717) is 47.0 Å². The van der Waals surface area contributed by atoms with E-state index in [1.807, 2.05) is 0 Å². The van der Waals surface area contributed by atoms with Gasteiger partial charge in [0.1, 0.15) is 11.0 Å². The van der Waals surface area contributed by atoms with Crippen LogP contribution in [0.3, 0.4) is 0 Å². The summed E-state index contributed by atoms with van der Waals surface area (Å²) in [6.07, 6.45) is 3.86. The topological polar surface area (TPSA) is 89.7 Å².